The molecular weight excluding hydrogens is 350 g/mol. The second-order valence-corrected chi connectivity index (χ2v) is 4.28. The summed E-state index contributed by atoms with van der Waals surface area (Å²) in [4.78, 5) is 1.67. The summed E-state index contributed by atoms with van der Waals surface area (Å²) in [6.45, 7) is 2.08. The lowest BCUT2D eigenvalue weighted by Gasteiger charge is -1.96. The van der Waals surface area contributed by atoms with E-state index in [-0.39, 0.29) is 0 Å². The van der Waals surface area contributed by atoms with Crippen LogP contribution in [0, 0.1) is 0 Å². The van der Waals surface area contributed by atoms with Crippen molar-refractivity contribution < 1.29 is 0 Å². The molecular formula is C8H10Br3N. The van der Waals surface area contributed by atoms with E-state index in [9.17, 15) is 0 Å². The van der Waals surface area contributed by atoms with Crippen molar-refractivity contribution in [3.63, 3.8) is 0 Å². The Morgan fingerprint density at radius 2 is 2.00 bits per heavy atom. The van der Waals surface area contributed by atoms with Crippen molar-refractivity contribution in [1.82, 2.24) is 0 Å². The van der Waals surface area contributed by atoms with Gasteiger partial charge in [0.05, 0.1) is 5.70 Å². The van der Waals surface area contributed by atoms with Crippen LogP contribution in [0.25, 0.3) is 0 Å². The van der Waals surface area contributed by atoms with E-state index in [1.54, 1.807) is 4.99 Å². The summed E-state index contributed by atoms with van der Waals surface area (Å²) in [7, 11) is 0. The number of halogens is 3. The zero-order valence-electron chi connectivity index (χ0n) is 6.65. The van der Waals surface area contributed by atoms with Gasteiger partial charge in [0.2, 0.25) is 0 Å². The third-order valence-corrected chi connectivity index (χ3v) is 2.79. The highest BCUT2D eigenvalue weighted by Crippen LogP contribution is 2.19. The Bertz CT molecular complexity index is 228. The van der Waals surface area contributed by atoms with E-state index in [4.69, 9.17) is 5.73 Å². The van der Waals surface area contributed by atoms with Crippen molar-refractivity contribution in [2.24, 2.45) is 5.73 Å². The van der Waals surface area contributed by atoms with Crippen molar-refractivity contribution in [3.8, 4) is 0 Å². The van der Waals surface area contributed by atoms with Crippen LogP contribution in [-0.2, 0) is 0 Å². The first-order chi connectivity index (χ1) is 5.61. The maximum atomic E-state index is 5.61. The normalized spacial score (nSPS) is 15.2. The first kappa shape index (κ1) is 12.5. The predicted molar refractivity (Wildman–Crippen MR) is 65.5 cm³/mol. The fourth-order valence-electron chi connectivity index (χ4n) is 0.510. The SMILES string of the molecule is CC\C=C(Br)/C=C(Br)\C(N)=C\Br. The number of hydrogen-bond acceptors (Lipinski definition) is 1. The van der Waals surface area contributed by atoms with Crippen LogP contribution in [0.2, 0.25) is 0 Å². The van der Waals surface area contributed by atoms with Crippen LogP contribution in [0.5, 0.6) is 0 Å². The minimum Gasteiger partial charge on any atom is -0.397 e. The van der Waals surface area contributed by atoms with E-state index in [2.05, 4.69) is 60.8 Å². The van der Waals surface area contributed by atoms with Gasteiger partial charge < -0.3 is 5.73 Å². The molecule has 1 nitrogen and oxygen atoms in total. The molecule has 0 saturated carbocycles. The molecule has 4 heteroatoms. The lowest BCUT2D eigenvalue weighted by Crippen LogP contribution is -1.94. The molecule has 0 bridgehead atoms. The summed E-state index contributed by atoms with van der Waals surface area (Å²) < 4.78 is 1.88. The van der Waals surface area contributed by atoms with Gasteiger partial charge in [-0.3, -0.25) is 0 Å². The fourth-order valence-corrected chi connectivity index (χ4v) is 2.29. The van der Waals surface area contributed by atoms with E-state index in [0.717, 1.165) is 15.4 Å². The van der Waals surface area contributed by atoms with Crippen molar-refractivity contribution in [2.75, 3.05) is 0 Å². The Balaban J connectivity index is 4.46. The minimum atomic E-state index is 0.663. The first-order valence-electron chi connectivity index (χ1n) is 3.40. The van der Waals surface area contributed by atoms with Gasteiger partial charge in [-0.15, -0.1) is 0 Å². The van der Waals surface area contributed by atoms with Gasteiger partial charge >= 0.3 is 0 Å². The van der Waals surface area contributed by atoms with Crippen LogP contribution in [0.4, 0.5) is 0 Å². The molecule has 0 aliphatic rings. The Hall–Kier alpha value is 0.460. The van der Waals surface area contributed by atoms with Crippen molar-refractivity contribution in [2.45, 2.75) is 13.3 Å². The number of allylic oxidation sites excluding steroid dienone is 4. The summed E-state index contributed by atoms with van der Waals surface area (Å²) in [5.74, 6) is 0. The van der Waals surface area contributed by atoms with Gasteiger partial charge in [-0.2, -0.15) is 0 Å². The molecule has 0 heterocycles. The quantitative estimate of drug-likeness (QED) is 0.753. The van der Waals surface area contributed by atoms with Crippen LogP contribution >= 0.6 is 47.8 Å². The van der Waals surface area contributed by atoms with Crippen LogP contribution in [0.1, 0.15) is 13.3 Å². The highest BCUT2D eigenvalue weighted by atomic mass is 79.9. The second-order valence-electron chi connectivity index (χ2n) is 2.05. The van der Waals surface area contributed by atoms with Gasteiger partial charge in [-0.1, -0.05) is 44.9 Å². The third kappa shape index (κ3) is 5.17. The van der Waals surface area contributed by atoms with E-state index in [1.165, 1.54) is 0 Å². The molecule has 2 N–H and O–H groups in total. The molecule has 0 atom stereocenters. The van der Waals surface area contributed by atoms with Crippen molar-refractivity contribution >= 4 is 47.8 Å². The summed E-state index contributed by atoms with van der Waals surface area (Å²) >= 11 is 9.89. The van der Waals surface area contributed by atoms with Gasteiger partial charge in [0, 0.05) is 14.0 Å². The number of hydrogen-bond donors (Lipinski definition) is 1. The van der Waals surface area contributed by atoms with Crippen LogP contribution in [0.3, 0.4) is 0 Å². The molecule has 0 spiro atoms. The van der Waals surface area contributed by atoms with Gasteiger partial charge in [0.25, 0.3) is 0 Å². The molecule has 0 fully saturated rings. The maximum Gasteiger partial charge on any atom is 0.0529 e. The summed E-state index contributed by atoms with van der Waals surface area (Å²) in [6.07, 6.45) is 4.97. The molecule has 0 aromatic carbocycles. The number of nitrogens with two attached hydrogens (primary N) is 1. The van der Waals surface area contributed by atoms with Gasteiger partial charge in [0.15, 0.2) is 0 Å². The summed E-state index contributed by atoms with van der Waals surface area (Å²) in [6, 6.07) is 0. The largest absolute Gasteiger partial charge is 0.397 e. The molecule has 0 radical (unpaired) electrons. The molecule has 0 saturated heterocycles. The standard InChI is InChI=1S/C8H10Br3N/c1-2-3-6(10)4-7(11)8(12)5-9/h3-5H,2,12H2,1H3/b6-3+,7-4+,8-5-. The zero-order valence-corrected chi connectivity index (χ0v) is 11.4. The number of rotatable bonds is 3. The maximum absolute atomic E-state index is 5.61. The summed E-state index contributed by atoms with van der Waals surface area (Å²) in [5.41, 5.74) is 6.28. The van der Waals surface area contributed by atoms with Gasteiger partial charge in [0.1, 0.15) is 0 Å². The van der Waals surface area contributed by atoms with E-state index >= 15 is 0 Å². The van der Waals surface area contributed by atoms with E-state index < -0.39 is 0 Å². The van der Waals surface area contributed by atoms with Gasteiger partial charge in [-0.05, 0) is 28.4 Å². The Morgan fingerprint density at radius 3 is 2.42 bits per heavy atom. The highest BCUT2D eigenvalue weighted by molar-refractivity contribution is 9.12. The molecule has 0 amide bonds. The fraction of sp³-hybridized carbons (Fsp3) is 0.250. The molecule has 12 heavy (non-hydrogen) atoms. The van der Waals surface area contributed by atoms with E-state index in [1.807, 2.05) is 6.08 Å². The Morgan fingerprint density at radius 1 is 1.42 bits per heavy atom. The molecule has 0 aliphatic heterocycles. The van der Waals surface area contributed by atoms with Crippen LogP contribution < -0.4 is 5.73 Å². The van der Waals surface area contributed by atoms with Gasteiger partial charge in [-0.25, -0.2) is 0 Å². The molecule has 0 aliphatic carbocycles. The zero-order chi connectivity index (χ0) is 9.56. The lowest BCUT2D eigenvalue weighted by molar-refractivity contribution is 1.22. The highest BCUT2D eigenvalue weighted by Gasteiger charge is 1.95. The Labute approximate surface area is 98.2 Å². The third-order valence-electron chi connectivity index (χ3n) is 1.06. The van der Waals surface area contributed by atoms with Crippen LogP contribution in [-0.4, -0.2) is 0 Å². The van der Waals surface area contributed by atoms with E-state index in [0.29, 0.717) is 5.70 Å². The predicted octanol–water partition coefficient (Wildman–Crippen LogP) is 4.15. The molecule has 0 aromatic heterocycles. The second kappa shape index (κ2) is 6.92. The smallest absolute Gasteiger partial charge is 0.0529 e. The average molecular weight is 360 g/mol. The topological polar surface area (TPSA) is 26.0 Å². The molecule has 68 valence electrons. The van der Waals surface area contributed by atoms with Crippen molar-refractivity contribution in [3.05, 3.63) is 31.8 Å². The molecule has 0 aromatic rings. The van der Waals surface area contributed by atoms with Crippen LogP contribution in [0.15, 0.2) is 31.8 Å². The lowest BCUT2D eigenvalue weighted by atomic mass is 10.3. The first-order valence-corrected chi connectivity index (χ1v) is 5.91. The average Bonchev–Trinajstić information content (AvgIpc) is 2.03. The molecule has 0 unspecified atom stereocenters. The monoisotopic (exact) mass is 357 g/mol. The molecule has 0 rings (SSSR count). The van der Waals surface area contributed by atoms with Crippen molar-refractivity contribution in [1.29, 1.82) is 0 Å². The summed E-state index contributed by atoms with van der Waals surface area (Å²) in [5, 5.41) is 0. The minimum absolute atomic E-state index is 0.663. The Kier molecular flexibility index (Phi) is 7.19.